The summed E-state index contributed by atoms with van der Waals surface area (Å²) in [7, 11) is 0. The molecule has 9 aromatic rings. The maximum absolute atomic E-state index is 2.43. The van der Waals surface area contributed by atoms with Crippen molar-refractivity contribution in [3.63, 3.8) is 0 Å². The SMILES string of the molecule is Cc1cccc(N(c2ccc(C(C)(C)C)cc2)c2ccc3c(c2)C(C)(C)c2cc(/C=C/c4ccc(/C=C/c5ccc6c(c5)C(C)(C)c5cc(N(c7ccc(C(C)(C)C)cc7)c7cccc(C)c7)ccc5-6)cc4)ccc2-3)c1. The van der Waals surface area contributed by atoms with Gasteiger partial charge in [-0.15, -0.1) is 0 Å². The Kier molecular flexibility index (Phi) is 12.6. The molecule has 2 heteroatoms. The van der Waals surface area contributed by atoms with E-state index in [0.29, 0.717) is 0 Å². The van der Waals surface area contributed by atoms with Gasteiger partial charge in [0.05, 0.1) is 0 Å². The van der Waals surface area contributed by atoms with E-state index in [1.165, 1.54) is 112 Å². The standard InChI is InChI=1S/C74H72N2/c1-49-15-13-17-59(43-49)75(57-33-29-55(30-34-57)71(3,4)5)61-37-41-65-63-39-27-53(45-67(63)73(9,10)69(65)47-61)25-23-51-19-21-52(22-20-51)24-26-54-28-40-64-66-42-38-62(48-70(66)74(11,12)68(64)46-54)76(60-18-14-16-50(2)44-60)58-35-31-56(32-36-58)72(6,7)8/h13-48H,1-12H3/b25-23+,26-24+. The summed E-state index contributed by atoms with van der Waals surface area (Å²) in [6.07, 6.45) is 8.99. The summed E-state index contributed by atoms with van der Waals surface area (Å²) in [5.41, 5.74) is 27.5. The van der Waals surface area contributed by atoms with Crippen molar-refractivity contribution >= 4 is 58.4 Å². The van der Waals surface area contributed by atoms with Crippen LogP contribution in [0.3, 0.4) is 0 Å². The Morgan fingerprint density at radius 3 is 0.934 bits per heavy atom. The third-order valence-electron chi connectivity index (χ3n) is 16.3. The first kappa shape index (κ1) is 50.2. The van der Waals surface area contributed by atoms with E-state index >= 15 is 0 Å². The average molecular weight is 989 g/mol. The molecule has 2 aliphatic rings. The van der Waals surface area contributed by atoms with Crippen molar-refractivity contribution in [1.82, 2.24) is 0 Å². The number of anilines is 6. The molecule has 0 radical (unpaired) electrons. The van der Waals surface area contributed by atoms with Crippen LogP contribution in [-0.2, 0) is 21.7 Å². The molecule has 0 atom stereocenters. The van der Waals surface area contributed by atoms with Gasteiger partial charge in [-0.2, -0.15) is 0 Å². The third kappa shape index (κ3) is 9.45. The topological polar surface area (TPSA) is 6.48 Å². The molecule has 11 rings (SSSR count). The van der Waals surface area contributed by atoms with E-state index < -0.39 is 0 Å². The van der Waals surface area contributed by atoms with Crippen LogP contribution < -0.4 is 9.80 Å². The zero-order valence-electron chi connectivity index (χ0n) is 46.7. The van der Waals surface area contributed by atoms with Crippen molar-refractivity contribution in [2.24, 2.45) is 0 Å². The van der Waals surface area contributed by atoms with Gasteiger partial charge in [0, 0.05) is 45.0 Å². The summed E-state index contributed by atoms with van der Waals surface area (Å²) in [5.74, 6) is 0. The predicted molar refractivity (Wildman–Crippen MR) is 329 cm³/mol. The highest BCUT2D eigenvalue weighted by molar-refractivity contribution is 5.89. The number of aryl methyl sites for hydroxylation is 2. The van der Waals surface area contributed by atoms with Gasteiger partial charge in [-0.1, -0.05) is 215 Å². The molecule has 0 saturated heterocycles. The van der Waals surface area contributed by atoms with E-state index in [4.69, 9.17) is 0 Å². The van der Waals surface area contributed by atoms with Crippen LogP contribution in [0, 0.1) is 13.8 Å². The number of hydrogen-bond donors (Lipinski definition) is 0. The van der Waals surface area contributed by atoms with E-state index in [1.54, 1.807) is 0 Å². The monoisotopic (exact) mass is 989 g/mol. The van der Waals surface area contributed by atoms with Gasteiger partial charge in [-0.3, -0.25) is 0 Å². The highest BCUT2D eigenvalue weighted by Gasteiger charge is 2.38. The lowest BCUT2D eigenvalue weighted by atomic mass is 9.81. The normalized spacial score (nSPS) is 14.2. The average Bonchev–Trinajstić information content (AvgIpc) is 3.80. The van der Waals surface area contributed by atoms with Gasteiger partial charge in [0.1, 0.15) is 0 Å². The number of hydrogen-bond acceptors (Lipinski definition) is 2. The summed E-state index contributed by atoms with van der Waals surface area (Å²) >= 11 is 0. The number of benzene rings is 9. The van der Waals surface area contributed by atoms with Gasteiger partial charge in [-0.25, -0.2) is 0 Å². The van der Waals surface area contributed by atoms with E-state index in [0.717, 1.165) is 11.4 Å². The highest BCUT2D eigenvalue weighted by atomic mass is 15.1. The van der Waals surface area contributed by atoms with Crippen LogP contribution in [0.2, 0.25) is 0 Å². The Balaban J connectivity index is 0.798. The van der Waals surface area contributed by atoms with Gasteiger partial charge >= 0.3 is 0 Å². The Bertz CT molecular complexity index is 3470. The van der Waals surface area contributed by atoms with Crippen LogP contribution in [0.25, 0.3) is 46.6 Å². The second kappa shape index (κ2) is 19.0. The van der Waals surface area contributed by atoms with Crippen LogP contribution in [-0.4, -0.2) is 0 Å². The van der Waals surface area contributed by atoms with Gasteiger partial charge in [0.2, 0.25) is 0 Å². The number of nitrogens with zero attached hydrogens (tertiary/aromatic N) is 2. The van der Waals surface area contributed by atoms with Crippen molar-refractivity contribution in [1.29, 1.82) is 0 Å². The fourth-order valence-corrected chi connectivity index (χ4v) is 11.7. The molecular formula is C74H72N2. The van der Waals surface area contributed by atoms with E-state index in [9.17, 15) is 0 Å². The summed E-state index contributed by atoms with van der Waals surface area (Å²) in [6.45, 7) is 27.5. The van der Waals surface area contributed by atoms with E-state index in [2.05, 4.69) is 311 Å². The largest absolute Gasteiger partial charge is 0.310 e. The Hall–Kier alpha value is -7.94. The molecule has 2 nitrogen and oxygen atoms in total. The fourth-order valence-electron chi connectivity index (χ4n) is 11.7. The van der Waals surface area contributed by atoms with Crippen LogP contribution in [0.5, 0.6) is 0 Å². The van der Waals surface area contributed by atoms with E-state index in [1.807, 2.05) is 0 Å². The lowest BCUT2D eigenvalue weighted by Crippen LogP contribution is -2.17. The van der Waals surface area contributed by atoms with Gasteiger partial charge in [0.25, 0.3) is 0 Å². The van der Waals surface area contributed by atoms with Crippen molar-refractivity contribution in [2.45, 2.75) is 105 Å². The van der Waals surface area contributed by atoms with Gasteiger partial charge < -0.3 is 9.80 Å². The fraction of sp³-hybridized carbons (Fsp3) is 0.216. The van der Waals surface area contributed by atoms with Crippen molar-refractivity contribution < 1.29 is 0 Å². The lowest BCUT2D eigenvalue weighted by Gasteiger charge is -2.29. The van der Waals surface area contributed by atoms with Crippen LogP contribution in [0.4, 0.5) is 34.1 Å². The second-order valence-electron chi connectivity index (χ2n) is 24.6. The molecule has 0 bridgehead atoms. The summed E-state index contributed by atoms with van der Waals surface area (Å²) in [6, 6.07) is 72.9. The van der Waals surface area contributed by atoms with Gasteiger partial charge in [0.15, 0.2) is 0 Å². The summed E-state index contributed by atoms with van der Waals surface area (Å²) < 4.78 is 0. The quantitative estimate of drug-likeness (QED) is 0.126. The summed E-state index contributed by atoms with van der Waals surface area (Å²) in [5, 5.41) is 0. The Morgan fingerprint density at radius 2 is 0.592 bits per heavy atom. The Labute approximate surface area is 453 Å². The van der Waals surface area contributed by atoms with E-state index in [-0.39, 0.29) is 21.7 Å². The third-order valence-corrected chi connectivity index (χ3v) is 16.3. The molecular weight excluding hydrogens is 917 g/mol. The van der Waals surface area contributed by atoms with Crippen LogP contribution in [0.15, 0.2) is 194 Å². The molecule has 0 amide bonds. The smallest absolute Gasteiger partial charge is 0.0465 e. The maximum atomic E-state index is 2.43. The molecule has 0 unspecified atom stereocenters. The first-order chi connectivity index (χ1) is 36.2. The zero-order chi connectivity index (χ0) is 53.3. The maximum Gasteiger partial charge on any atom is 0.0465 e. The molecule has 0 spiro atoms. The minimum Gasteiger partial charge on any atom is -0.310 e. The van der Waals surface area contributed by atoms with Crippen molar-refractivity contribution in [2.75, 3.05) is 9.80 Å². The van der Waals surface area contributed by atoms with Gasteiger partial charge in [-0.05, 0) is 186 Å². The second-order valence-corrected chi connectivity index (χ2v) is 24.6. The predicted octanol–water partition coefficient (Wildman–Crippen LogP) is 20.8. The molecule has 2 aliphatic carbocycles. The Morgan fingerprint density at radius 1 is 0.303 bits per heavy atom. The van der Waals surface area contributed by atoms with Crippen LogP contribution >= 0.6 is 0 Å². The molecule has 378 valence electrons. The molecule has 0 aliphatic heterocycles. The first-order valence-corrected chi connectivity index (χ1v) is 27.2. The molecule has 0 saturated carbocycles. The molecule has 0 N–H and O–H groups in total. The molecule has 76 heavy (non-hydrogen) atoms. The van der Waals surface area contributed by atoms with Crippen molar-refractivity contribution in [3.8, 4) is 22.3 Å². The van der Waals surface area contributed by atoms with Crippen LogP contribution in [0.1, 0.15) is 136 Å². The first-order valence-electron chi connectivity index (χ1n) is 27.2. The minimum atomic E-state index is -0.168. The number of fused-ring (bicyclic) bond motifs is 6. The molecule has 0 heterocycles. The zero-order valence-corrected chi connectivity index (χ0v) is 46.7. The summed E-state index contributed by atoms with van der Waals surface area (Å²) in [4.78, 5) is 4.81. The number of rotatable bonds is 10. The lowest BCUT2D eigenvalue weighted by molar-refractivity contribution is 0.590. The highest BCUT2D eigenvalue weighted by Crippen LogP contribution is 2.53. The molecule has 9 aromatic carbocycles. The molecule has 0 fully saturated rings. The van der Waals surface area contributed by atoms with Crippen molar-refractivity contribution in [3.05, 3.63) is 261 Å². The minimum absolute atomic E-state index is 0.0891. The molecule has 0 aromatic heterocycles.